The first kappa shape index (κ1) is 67.1. The lowest BCUT2D eigenvalue weighted by Gasteiger charge is -2.45. The van der Waals surface area contributed by atoms with Gasteiger partial charge in [-0.05, 0) is 86.5 Å². The molecule has 5 atom stereocenters. The molecule has 13 rings (SSSR count). The summed E-state index contributed by atoms with van der Waals surface area (Å²) >= 11 is 0. The van der Waals surface area contributed by atoms with Crippen LogP contribution in [0.2, 0.25) is 0 Å². The van der Waals surface area contributed by atoms with E-state index in [-0.39, 0.29) is 81.1 Å². The van der Waals surface area contributed by atoms with E-state index in [1.807, 2.05) is 267 Å². The first-order valence-electron chi connectivity index (χ1n) is 33.2. The fraction of sp³-hybridized carbons (Fsp3) is 0.163. The number of carbonyl (C=O) groups excluding carboxylic acids is 1. The number of esters is 1. The Bertz CT molecular complexity index is 4600. The predicted octanol–water partition coefficient (Wildman–Crippen LogP) is 17.5. The van der Waals surface area contributed by atoms with E-state index in [1.54, 1.807) is 36.4 Å². The number of rotatable bonds is 31. The molecule has 1 fully saturated rings. The summed E-state index contributed by atoms with van der Waals surface area (Å²) in [6.07, 6.45) is -2.87. The number of hydrogen-bond acceptors (Lipinski definition) is 14. The van der Waals surface area contributed by atoms with E-state index in [1.165, 1.54) is 6.08 Å². The van der Waals surface area contributed by atoms with Crippen molar-refractivity contribution < 1.29 is 61.3 Å². The van der Waals surface area contributed by atoms with Gasteiger partial charge in [0.2, 0.25) is 17.5 Å². The Morgan fingerprint density at radius 1 is 0.380 bits per heavy atom. The summed E-state index contributed by atoms with van der Waals surface area (Å²) in [6.45, 7) is 0.983. The van der Waals surface area contributed by atoms with Crippen LogP contribution in [0, 0.1) is 0 Å². The molecule has 14 nitrogen and oxygen atoms in total. The third kappa shape index (κ3) is 18.4. The summed E-state index contributed by atoms with van der Waals surface area (Å²) in [5, 5.41) is 0.0511. The van der Waals surface area contributed by atoms with Crippen molar-refractivity contribution >= 4 is 23.0 Å². The molecule has 14 heteroatoms. The smallest absolute Gasteiger partial charge is 0.330 e. The molecule has 0 N–H and O–H groups in total. The van der Waals surface area contributed by atoms with Crippen molar-refractivity contribution in [2.75, 3.05) is 6.61 Å². The molecule has 0 spiro atoms. The van der Waals surface area contributed by atoms with Crippen LogP contribution in [-0.2, 0) is 81.3 Å². The maximum Gasteiger partial charge on any atom is 0.330 e. The van der Waals surface area contributed by atoms with Gasteiger partial charge >= 0.3 is 5.97 Å². The fourth-order valence-corrected chi connectivity index (χ4v) is 11.4. The van der Waals surface area contributed by atoms with Crippen LogP contribution in [0.1, 0.15) is 50.1 Å². The highest BCUT2D eigenvalue weighted by molar-refractivity contribution is 5.89. The second-order valence-electron chi connectivity index (χ2n) is 23.9. The van der Waals surface area contributed by atoms with E-state index in [0.29, 0.717) is 35.2 Å². The maximum atomic E-state index is 16.4. The number of hydrogen-bond donors (Lipinski definition) is 0. The molecule has 100 heavy (non-hydrogen) atoms. The second kappa shape index (κ2) is 34.1. The van der Waals surface area contributed by atoms with Gasteiger partial charge in [0, 0.05) is 23.8 Å². The van der Waals surface area contributed by atoms with Crippen molar-refractivity contribution in [1.29, 1.82) is 0 Å². The minimum absolute atomic E-state index is 0.00981. The van der Waals surface area contributed by atoms with Crippen molar-refractivity contribution in [3.63, 3.8) is 0 Å². The normalized spacial score (nSPS) is 15.8. The Hall–Kier alpha value is -11.5. The lowest BCUT2D eigenvalue weighted by Crippen LogP contribution is -2.62. The maximum absolute atomic E-state index is 16.4. The van der Waals surface area contributed by atoms with Crippen LogP contribution in [-0.4, -0.2) is 43.3 Å². The van der Waals surface area contributed by atoms with E-state index < -0.39 is 42.1 Å². The van der Waals surface area contributed by atoms with Crippen LogP contribution in [0.4, 0.5) is 0 Å². The highest BCUT2D eigenvalue weighted by atomic mass is 16.7. The molecule has 0 radical (unpaired) electrons. The minimum Gasteiger partial charge on any atom is -0.489 e. The number of benzene rings is 11. The van der Waals surface area contributed by atoms with Crippen LogP contribution in [0.5, 0.6) is 34.5 Å². The van der Waals surface area contributed by atoms with Gasteiger partial charge in [0.1, 0.15) is 92.3 Å². The molecule has 0 saturated carbocycles. The largest absolute Gasteiger partial charge is 0.489 e. The highest BCUT2D eigenvalue weighted by Gasteiger charge is 2.51. The lowest BCUT2D eigenvalue weighted by molar-refractivity contribution is -0.308. The Kier molecular flexibility index (Phi) is 22.9. The van der Waals surface area contributed by atoms with E-state index in [0.717, 1.165) is 50.1 Å². The number of fused-ring (bicyclic) bond motifs is 1. The number of carbonyl (C=O) groups is 1. The first-order chi connectivity index (χ1) is 49.4. The Balaban J connectivity index is 0.927. The van der Waals surface area contributed by atoms with Gasteiger partial charge in [-0.15, -0.1) is 0 Å². The van der Waals surface area contributed by atoms with Crippen LogP contribution in [0.15, 0.2) is 313 Å². The van der Waals surface area contributed by atoms with E-state index >= 15 is 4.79 Å². The molecule has 11 aromatic carbocycles. The van der Waals surface area contributed by atoms with Crippen LogP contribution in [0.3, 0.4) is 0 Å². The minimum atomic E-state index is -1.52. The Morgan fingerprint density at radius 3 is 1.27 bits per heavy atom. The molecule has 12 aromatic rings. The molecule has 1 aliphatic rings. The zero-order chi connectivity index (χ0) is 67.9. The summed E-state index contributed by atoms with van der Waals surface area (Å²) < 4.78 is 81.5. The third-order valence-electron chi connectivity index (χ3n) is 16.7. The van der Waals surface area contributed by atoms with Crippen LogP contribution >= 0.6 is 0 Å². The molecule has 0 amide bonds. The molecular weight excluding hydrogens is 1260 g/mol. The molecular formula is C86H74O14. The van der Waals surface area contributed by atoms with Gasteiger partial charge in [-0.25, -0.2) is 4.79 Å². The average Bonchev–Trinajstić information content (AvgIpc) is 0.751. The topological polar surface area (TPSA) is 149 Å². The van der Waals surface area contributed by atoms with Crippen molar-refractivity contribution in [2.24, 2.45) is 0 Å². The summed E-state index contributed by atoms with van der Waals surface area (Å²) in [7, 11) is 0. The fourth-order valence-electron chi connectivity index (χ4n) is 11.4. The summed E-state index contributed by atoms with van der Waals surface area (Å²) in [6, 6.07) is 94.1. The molecule has 1 saturated heterocycles. The van der Waals surface area contributed by atoms with Gasteiger partial charge in [0.05, 0.1) is 19.8 Å². The molecule has 0 bridgehead atoms. The SMILES string of the molecule is O=C(/C=C/c1ccc(OCc2ccccc2)cc1)OC[C@H]1O[C@@H](Oc2c(-c3ccc(OCc4ccccc4)c(OCc4ccccc4)c3)oc3cc(OCc4ccccc4)cc(OCc4ccccc4)c3c2=O)[C@H](OCc2ccccc2)[C@@H](OCc2ccccc2)[C@@H]1OCc1ccccc1. The van der Waals surface area contributed by atoms with Gasteiger partial charge in [-0.1, -0.05) is 255 Å². The first-order valence-corrected chi connectivity index (χ1v) is 33.2. The lowest BCUT2D eigenvalue weighted by atomic mass is 9.97. The molecule has 0 aliphatic carbocycles. The molecule has 1 aliphatic heterocycles. The number of ether oxygens (including phenoxy) is 11. The monoisotopic (exact) mass is 1330 g/mol. The van der Waals surface area contributed by atoms with E-state index in [9.17, 15) is 4.79 Å². The highest BCUT2D eigenvalue weighted by Crippen LogP contribution is 2.42. The predicted molar refractivity (Wildman–Crippen MR) is 383 cm³/mol. The third-order valence-corrected chi connectivity index (χ3v) is 16.7. The van der Waals surface area contributed by atoms with Gasteiger partial charge < -0.3 is 56.5 Å². The van der Waals surface area contributed by atoms with Crippen molar-refractivity contribution in [2.45, 2.75) is 83.6 Å². The molecule has 2 heterocycles. The average molecular weight is 1330 g/mol. The Labute approximate surface area is 581 Å². The summed E-state index contributed by atoms with van der Waals surface area (Å²) in [5.41, 5.74) is 7.83. The second-order valence-corrected chi connectivity index (χ2v) is 23.9. The van der Waals surface area contributed by atoms with E-state index in [4.69, 9.17) is 56.5 Å². The molecule has 1 aromatic heterocycles. The zero-order valence-corrected chi connectivity index (χ0v) is 54.9. The van der Waals surface area contributed by atoms with Gasteiger partial charge in [-0.2, -0.15) is 0 Å². The molecule has 502 valence electrons. The standard InChI is InChI=1S/C86H74O14/c87-78(48-43-61-41-45-71(46-42-61)89-52-62-25-9-1-10-26-62)94-60-77-82(95-57-67-35-19-6-20-36-67)84(96-58-68-37-21-7-22-38-68)85(97-59-69-39-23-8-24-40-69)86(99-77)100-83-80(88)79-75(93-56-66-33-17-5-18-34-66)50-72(90-53-63-27-11-2-12-28-63)51-76(79)98-81(83)70-44-47-73(91-54-64-29-13-3-14-30-64)74(49-70)92-55-65-31-15-4-16-32-65/h1-51,77,82,84-86H,52-60H2/b48-43+/t77-,82-,84+,85-,86+/m1/s1. The van der Waals surface area contributed by atoms with Gasteiger partial charge in [0.25, 0.3) is 0 Å². The summed E-state index contributed by atoms with van der Waals surface area (Å²) in [4.78, 5) is 30.6. The van der Waals surface area contributed by atoms with Crippen LogP contribution in [0.25, 0.3) is 28.4 Å². The molecule has 0 unspecified atom stereocenters. The quantitative estimate of drug-likeness (QED) is 0.0300. The van der Waals surface area contributed by atoms with E-state index in [2.05, 4.69) is 0 Å². The van der Waals surface area contributed by atoms with Gasteiger partial charge in [-0.3, -0.25) is 4.79 Å². The Morgan fingerprint density at radius 2 is 0.790 bits per heavy atom. The van der Waals surface area contributed by atoms with Crippen molar-refractivity contribution in [1.82, 2.24) is 0 Å². The van der Waals surface area contributed by atoms with Crippen LogP contribution < -0.4 is 33.8 Å². The van der Waals surface area contributed by atoms with Gasteiger partial charge in [0.15, 0.2) is 17.3 Å². The van der Waals surface area contributed by atoms with Crippen molar-refractivity contribution in [3.05, 3.63) is 364 Å². The van der Waals surface area contributed by atoms with Crippen molar-refractivity contribution in [3.8, 4) is 45.8 Å². The summed E-state index contributed by atoms with van der Waals surface area (Å²) in [5.74, 6) is 1.05. The zero-order valence-electron chi connectivity index (χ0n) is 54.9.